The van der Waals surface area contributed by atoms with E-state index in [4.69, 9.17) is 19.2 Å². The van der Waals surface area contributed by atoms with E-state index in [1.54, 1.807) is 22.8 Å². The van der Waals surface area contributed by atoms with Gasteiger partial charge in [0.25, 0.3) is 5.56 Å². The number of aromatic nitrogens is 2. The van der Waals surface area contributed by atoms with Crippen molar-refractivity contribution < 1.29 is 19.0 Å². The third-order valence-electron chi connectivity index (χ3n) is 5.32. The summed E-state index contributed by atoms with van der Waals surface area (Å²) in [6.45, 7) is 8.59. The SMILES string of the molecule is CCOCCCn1c(SCC(=O)c2ccc3c(c2)OCCO3)nc2sc(C)c(C)c2c1=O. The van der Waals surface area contributed by atoms with E-state index in [1.165, 1.54) is 23.1 Å². The van der Waals surface area contributed by atoms with Crippen LogP contribution in [0.3, 0.4) is 0 Å². The lowest BCUT2D eigenvalue weighted by Crippen LogP contribution is -2.24. The predicted molar refractivity (Wildman–Crippen MR) is 127 cm³/mol. The molecular weight excluding hydrogens is 448 g/mol. The van der Waals surface area contributed by atoms with Gasteiger partial charge >= 0.3 is 0 Å². The second kappa shape index (κ2) is 10.1. The average molecular weight is 475 g/mol. The Hall–Kier alpha value is -2.36. The first-order chi connectivity index (χ1) is 15.5. The minimum Gasteiger partial charge on any atom is -0.486 e. The van der Waals surface area contributed by atoms with Gasteiger partial charge in [0.2, 0.25) is 0 Å². The summed E-state index contributed by atoms with van der Waals surface area (Å²) in [5, 5.41) is 1.23. The topological polar surface area (TPSA) is 79.7 Å². The van der Waals surface area contributed by atoms with Crippen LogP contribution >= 0.6 is 23.1 Å². The number of Topliss-reactive ketones (excluding diaryl/α,β-unsaturated/α-hetero) is 1. The highest BCUT2D eigenvalue weighted by atomic mass is 32.2. The second-order valence-corrected chi connectivity index (χ2v) is 9.58. The van der Waals surface area contributed by atoms with Crippen LogP contribution in [0, 0.1) is 13.8 Å². The molecule has 1 aliphatic heterocycles. The maximum absolute atomic E-state index is 13.3. The smallest absolute Gasteiger partial charge is 0.263 e. The van der Waals surface area contributed by atoms with Gasteiger partial charge in [0.15, 0.2) is 22.4 Å². The first-order valence-electron chi connectivity index (χ1n) is 10.6. The molecule has 32 heavy (non-hydrogen) atoms. The molecule has 1 aromatic carbocycles. The molecule has 3 heterocycles. The average Bonchev–Trinajstić information content (AvgIpc) is 3.09. The number of thiophene rings is 1. The number of nitrogens with zero attached hydrogens (tertiary/aromatic N) is 2. The molecule has 0 N–H and O–H groups in total. The molecule has 2 aromatic heterocycles. The van der Waals surface area contributed by atoms with Gasteiger partial charge in [0, 0.05) is 30.2 Å². The van der Waals surface area contributed by atoms with Crippen LogP contribution in [0.5, 0.6) is 11.5 Å². The first-order valence-corrected chi connectivity index (χ1v) is 12.4. The fourth-order valence-electron chi connectivity index (χ4n) is 3.52. The molecule has 9 heteroatoms. The number of rotatable bonds is 9. The Morgan fingerprint density at radius 3 is 2.81 bits per heavy atom. The maximum Gasteiger partial charge on any atom is 0.263 e. The zero-order valence-corrected chi connectivity index (χ0v) is 20.1. The van der Waals surface area contributed by atoms with E-state index in [0.29, 0.717) is 67.0 Å². The van der Waals surface area contributed by atoms with Gasteiger partial charge in [-0.05, 0) is 51.0 Å². The molecule has 0 atom stereocenters. The largest absolute Gasteiger partial charge is 0.486 e. The van der Waals surface area contributed by atoms with Gasteiger partial charge in [-0.1, -0.05) is 11.8 Å². The monoisotopic (exact) mass is 474 g/mol. The molecule has 0 saturated heterocycles. The summed E-state index contributed by atoms with van der Waals surface area (Å²) in [4.78, 5) is 32.7. The summed E-state index contributed by atoms with van der Waals surface area (Å²) >= 11 is 2.81. The van der Waals surface area contributed by atoms with Crippen molar-refractivity contribution in [3.63, 3.8) is 0 Å². The number of thioether (sulfide) groups is 1. The number of aryl methyl sites for hydroxylation is 2. The lowest BCUT2D eigenvalue weighted by atomic mass is 10.1. The van der Waals surface area contributed by atoms with Crippen LogP contribution in [-0.4, -0.2) is 47.5 Å². The quantitative estimate of drug-likeness (QED) is 0.199. The van der Waals surface area contributed by atoms with Crippen molar-refractivity contribution in [2.45, 2.75) is 38.9 Å². The molecule has 1 aliphatic rings. The minimum absolute atomic E-state index is 0.0531. The Balaban J connectivity index is 1.58. The summed E-state index contributed by atoms with van der Waals surface area (Å²) in [7, 11) is 0. The Morgan fingerprint density at radius 1 is 1.25 bits per heavy atom. The predicted octanol–water partition coefficient (Wildman–Crippen LogP) is 4.25. The van der Waals surface area contributed by atoms with E-state index in [0.717, 1.165) is 15.3 Å². The van der Waals surface area contributed by atoms with Crippen molar-refractivity contribution in [1.82, 2.24) is 9.55 Å². The zero-order chi connectivity index (χ0) is 22.7. The number of carbonyl (C=O) groups is 1. The molecule has 0 radical (unpaired) electrons. The Bertz CT molecular complexity index is 1200. The summed E-state index contributed by atoms with van der Waals surface area (Å²) in [6.07, 6.45) is 0.701. The molecule has 7 nitrogen and oxygen atoms in total. The number of ether oxygens (including phenoxy) is 3. The highest BCUT2D eigenvalue weighted by Gasteiger charge is 2.19. The number of benzene rings is 1. The molecule has 0 aliphatic carbocycles. The van der Waals surface area contributed by atoms with E-state index < -0.39 is 0 Å². The lowest BCUT2D eigenvalue weighted by molar-refractivity contribution is 0.102. The van der Waals surface area contributed by atoms with Crippen LogP contribution in [0.1, 0.15) is 34.1 Å². The second-order valence-electron chi connectivity index (χ2n) is 7.44. The third kappa shape index (κ3) is 4.69. The van der Waals surface area contributed by atoms with Gasteiger partial charge < -0.3 is 14.2 Å². The lowest BCUT2D eigenvalue weighted by Gasteiger charge is -2.18. The highest BCUT2D eigenvalue weighted by Crippen LogP contribution is 2.32. The van der Waals surface area contributed by atoms with E-state index in [1.807, 2.05) is 20.8 Å². The number of carbonyl (C=O) groups excluding carboxylic acids is 1. The van der Waals surface area contributed by atoms with Gasteiger partial charge in [-0.15, -0.1) is 11.3 Å². The first kappa shape index (κ1) is 22.8. The van der Waals surface area contributed by atoms with Crippen LogP contribution in [0.25, 0.3) is 10.2 Å². The normalized spacial score (nSPS) is 13.0. The van der Waals surface area contributed by atoms with Crippen molar-refractivity contribution in [3.05, 3.63) is 44.6 Å². The van der Waals surface area contributed by atoms with E-state index >= 15 is 0 Å². The van der Waals surface area contributed by atoms with Gasteiger partial charge in [-0.2, -0.15) is 0 Å². The van der Waals surface area contributed by atoms with Crippen molar-refractivity contribution in [2.24, 2.45) is 0 Å². The summed E-state index contributed by atoms with van der Waals surface area (Å²) in [5.41, 5.74) is 1.48. The minimum atomic E-state index is -0.0549. The molecule has 0 fully saturated rings. The molecule has 0 amide bonds. The highest BCUT2D eigenvalue weighted by molar-refractivity contribution is 7.99. The molecule has 0 unspecified atom stereocenters. The Labute approximate surface area is 194 Å². The third-order valence-corrected chi connectivity index (χ3v) is 7.40. The number of fused-ring (bicyclic) bond motifs is 2. The number of hydrogen-bond donors (Lipinski definition) is 0. The number of hydrogen-bond acceptors (Lipinski definition) is 8. The molecule has 0 bridgehead atoms. The molecule has 170 valence electrons. The van der Waals surface area contributed by atoms with Crippen LogP contribution < -0.4 is 15.0 Å². The van der Waals surface area contributed by atoms with Crippen LogP contribution in [0.2, 0.25) is 0 Å². The molecule has 3 aromatic rings. The summed E-state index contributed by atoms with van der Waals surface area (Å²) < 4.78 is 18.2. The van der Waals surface area contributed by atoms with Gasteiger partial charge in [-0.3, -0.25) is 14.2 Å². The molecule has 4 rings (SSSR count). The van der Waals surface area contributed by atoms with Crippen molar-refractivity contribution >= 4 is 39.1 Å². The maximum atomic E-state index is 13.3. The fraction of sp³-hybridized carbons (Fsp3) is 0.435. The van der Waals surface area contributed by atoms with Crippen LogP contribution in [-0.2, 0) is 11.3 Å². The fourth-order valence-corrected chi connectivity index (χ4v) is 5.51. The molecular formula is C23H26N2O5S2. The summed E-state index contributed by atoms with van der Waals surface area (Å²) in [6, 6.07) is 5.22. The van der Waals surface area contributed by atoms with E-state index in [2.05, 4.69) is 0 Å². The van der Waals surface area contributed by atoms with Crippen molar-refractivity contribution in [1.29, 1.82) is 0 Å². The van der Waals surface area contributed by atoms with Gasteiger partial charge in [-0.25, -0.2) is 4.98 Å². The van der Waals surface area contributed by atoms with Crippen LogP contribution in [0.15, 0.2) is 28.2 Å². The zero-order valence-electron chi connectivity index (χ0n) is 18.4. The van der Waals surface area contributed by atoms with Crippen molar-refractivity contribution in [2.75, 3.05) is 32.2 Å². The number of ketones is 1. The Morgan fingerprint density at radius 2 is 2.03 bits per heavy atom. The van der Waals surface area contributed by atoms with E-state index in [9.17, 15) is 9.59 Å². The standard InChI is InChI=1S/C23H26N2O5S2/c1-4-28-9-5-8-25-22(27)20-14(2)15(3)32-21(20)24-23(25)31-13-17(26)16-6-7-18-19(12-16)30-11-10-29-18/h6-7,12H,4-5,8-11,13H2,1-3H3. The molecule has 0 spiro atoms. The van der Waals surface area contributed by atoms with Gasteiger partial charge in [0.1, 0.15) is 18.0 Å². The summed E-state index contributed by atoms with van der Waals surface area (Å²) in [5.74, 6) is 1.36. The Kier molecular flexibility index (Phi) is 7.17. The molecule has 0 saturated carbocycles. The van der Waals surface area contributed by atoms with Crippen molar-refractivity contribution in [3.8, 4) is 11.5 Å². The van der Waals surface area contributed by atoms with Gasteiger partial charge in [0.05, 0.1) is 11.1 Å². The van der Waals surface area contributed by atoms with E-state index in [-0.39, 0.29) is 17.1 Å². The van der Waals surface area contributed by atoms with Crippen LogP contribution in [0.4, 0.5) is 0 Å².